The quantitative estimate of drug-likeness (QED) is 0.0641. The first-order chi connectivity index (χ1) is 27.1. The molecule has 4 aliphatic rings. The lowest BCUT2D eigenvalue weighted by molar-refractivity contribution is -0.361. The Labute approximate surface area is 331 Å². The molecule has 2 amide bonds. The Morgan fingerprint density at radius 1 is 0.621 bits per heavy atom. The Bertz CT molecular complexity index is 1500. The van der Waals surface area contributed by atoms with Gasteiger partial charge in [-0.15, -0.1) is 0 Å². The molecule has 27 heteroatoms. The normalized spacial score (nSPS) is 43.6. The van der Waals surface area contributed by atoms with Crippen LogP contribution >= 0.6 is 0 Å². The number of aliphatic hydroxyl groups is 9. The van der Waals surface area contributed by atoms with E-state index in [9.17, 15) is 64.0 Å². The van der Waals surface area contributed by atoms with E-state index in [1.165, 1.54) is 6.92 Å². The number of allylic oxidation sites excluding steroid dienone is 1. The van der Waals surface area contributed by atoms with E-state index in [1.807, 2.05) is 0 Å². The maximum Gasteiger partial charge on any atom is 0.397 e. The molecule has 26 nitrogen and oxygen atoms in total. The standard InChI is InChI=1S/C31H54N4O22S/c1-9(2)33-18-23(44)25(55-29-16(32)21(42)20(41)12(5-36)52-29)13(6-37)53-30(18)56-26-14(7-38)54-31(19(24(26)45)35-11(4)40)57-27-15(8-50-58(47,48)49)51-28(46)17(22(27)43)34-10(3)39/h12-31,33,36-38,41-46H,1,5-8,32H2,2-4H3,(H,34,39)(H,35,40)(H,47,48,49)/t12-,13-,14-,15-,16-,17-,18-,19-,20-,21-,22?,23?,24-,25-,26-,27-,28-,29+,30+,31+/m1/s1. The third-order valence-electron chi connectivity index (χ3n) is 9.73. The summed E-state index contributed by atoms with van der Waals surface area (Å²) in [7, 11) is -5.11. The van der Waals surface area contributed by atoms with Crippen molar-refractivity contribution < 1.29 is 106 Å². The summed E-state index contributed by atoms with van der Waals surface area (Å²) in [4.78, 5) is 24.3. The fraction of sp³-hybridized carbons (Fsp3) is 0.871. The third-order valence-corrected chi connectivity index (χ3v) is 10.2. The Kier molecular flexibility index (Phi) is 17.1. The average molecular weight is 867 g/mol. The van der Waals surface area contributed by atoms with Crippen molar-refractivity contribution in [1.82, 2.24) is 16.0 Å². The van der Waals surface area contributed by atoms with Gasteiger partial charge < -0.3 is 101 Å². The van der Waals surface area contributed by atoms with Gasteiger partial charge in [0.2, 0.25) is 11.8 Å². The zero-order valence-electron chi connectivity index (χ0n) is 31.4. The molecule has 4 saturated heterocycles. The summed E-state index contributed by atoms with van der Waals surface area (Å²) in [5, 5.41) is 104. The van der Waals surface area contributed by atoms with E-state index in [-0.39, 0.29) is 5.70 Å². The monoisotopic (exact) mass is 866 g/mol. The topological polar surface area (TPSA) is 407 Å². The van der Waals surface area contributed by atoms with Crippen LogP contribution in [0.25, 0.3) is 0 Å². The molecule has 0 aliphatic carbocycles. The van der Waals surface area contributed by atoms with Crippen LogP contribution in [0.3, 0.4) is 0 Å². The van der Waals surface area contributed by atoms with Crippen molar-refractivity contribution in [3.8, 4) is 0 Å². The van der Waals surface area contributed by atoms with Crippen molar-refractivity contribution in [3.63, 3.8) is 0 Å². The number of nitrogens with two attached hydrogens (primary N) is 1. The molecule has 2 unspecified atom stereocenters. The van der Waals surface area contributed by atoms with Gasteiger partial charge in [-0.3, -0.25) is 14.1 Å². The van der Waals surface area contributed by atoms with Crippen molar-refractivity contribution in [2.24, 2.45) is 5.73 Å². The van der Waals surface area contributed by atoms with Crippen LogP contribution in [0.2, 0.25) is 0 Å². The second-order valence-corrected chi connectivity index (χ2v) is 15.3. The Morgan fingerprint density at radius 2 is 1.03 bits per heavy atom. The SMILES string of the molecule is C=C(C)N[C@@H]1C(O)[C@H](O[C@@H]2O[C@H](CO)[C@@H](O)[C@H](O)[C@H]2N)[C@@H](CO)O[C@H]1O[C@H]1[C@H](O)[C@@H](NC(C)=O)[C@H](O[C@H]2C(O)[C@@H](NC(C)=O)[C@H](O)O[C@@H]2COS(=O)(=O)O)O[C@@H]1CO. The van der Waals surface area contributed by atoms with Gasteiger partial charge in [0.15, 0.2) is 25.2 Å². The van der Waals surface area contributed by atoms with E-state index >= 15 is 0 Å². The van der Waals surface area contributed by atoms with Gasteiger partial charge in [0.05, 0.1) is 32.5 Å². The highest BCUT2D eigenvalue weighted by Gasteiger charge is 2.56. The predicted octanol–water partition coefficient (Wildman–Crippen LogP) is -8.54. The summed E-state index contributed by atoms with van der Waals surface area (Å²) in [6.45, 7) is 3.75. The van der Waals surface area contributed by atoms with E-state index in [4.69, 9.17) is 43.4 Å². The first-order valence-corrected chi connectivity index (χ1v) is 19.3. The van der Waals surface area contributed by atoms with E-state index < -0.39 is 171 Å². The van der Waals surface area contributed by atoms with Crippen LogP contribution in [0.4, 0.5) is 0 Å². The highest BCUT2D eigenvalue weighted by atomic mass is 32.3. The maximum atomic E-state index is 12.4. The summed E-state index contributed by atoms with van der Waals surface area (Å²) >= 11 is 0. The first-order valence-electron chi connectivity index (χ1n) is 17.9. The first kappa shape index (κ1) is 48.3. The highest BCUT2D eigenvalue weighted by molar-refractivity contribution is 7.80. The zero-order chi connectivity index (χ0) is 43.4. The molecule has 0 spiro atoms. The van der Waals surface area contributed by atoms with Gasteiger partial charge in [-0.05, 0) is 6.92 Å². The number of carbonyl (C=O) groups is 2. The Balaban J connectivity index is 1.62. The molecule has 15 N–H and O–H groups in total. The summed E-state index contributed by atoms with van der Waals surface area (Å²) in [5.41, 5.74) is 6.25. The minimum Gasteiger partial charge on any atom is -0.394 e. The number of nitrogens with one attached hydrogen (secondary N) is 3. The molecule has 4 fully saturated rings. The van der Waals surface area contributed by atoms with Crippen LogP contribution in [0.5, 0.6) is 0 Å². The van der Waals surface area contributed by atoms with Crippen LogP contribution in [0.1, 0.15) is 20.8 Å². The number of aliphatic hydroxyl groups excluding tert-OH is 9. The lowest BCUT2D eigenvalue weighted by Gasteiger charge is -2.51. The summed E-state index contributed by atoms with van der Waals surface area (Å²) in [5.74, 6) is -1.52. The summed E-state index contributed by atoms with van der Waals surface area (Å²) < 4.78 is 76.9. The second kappa shape index (κ2) is 20.5. The Hall–Kier alpha value is -2.33. The van der Waals surface area contributed by atoms with Crippen molar-refractivity contribution >= 4 is 22.2 Å². The van der Waals surface area contributed by atoms with E-state index in [2.05, 4.69) is 26.7 Å². The van der Waals surface area contributed by atoms with Crippen LogP contribution in [0.15, 0.2) is 12.3 Å². The smallest absolute Gasteiger partial charge is 0.394 e. The van der Waals surface area contributed by atoms with Crippen molar-refractivity contribution in [1.29, 1.82) is 0 Å². The van der Waals surface area contributed by atoms with Gasteiger partial charge in [0.1, 0.15) is 91.4 Å². The van der Waals surface area contributed by atoms with Gasteiger partial charge in [0.25, 0.3) is 0 Å². The minimum atomic E-state index is -5.11. The Morgan fingerprint density at radius 3 is 1.48 bits per heavy atom. The molecule has 58 heavy (non-hydrogen) atoms. The van der Waals surface area contributed by atoms with Gasteiger partial charge in [-0.25, -0.2) is 4.18 Å². The molecular weight excluding hydrogens is 812 g/mol. The minimum absolute atomic E-state index is 0.235. The summed E-state index contributed by atoms with van der Waals surface area (Å²) in [6, 6.07) is -6.04. The van der Waals surface area contributed by atoms with Crippen LogP contribution in [-0.2, 0) is 57.3 Å². The molecule has 4 aliphatic heterocycles. The highest BCUT2D eigenvalue weighted by Crippen LogP contribution is 2.34. The van der Waals surface area contributed by atoms with Crippen molar-refractivity contribution in [2.45, 2.75) is 143 Å². The van der Waals surface area contributed by atoms with Crippen LogP contribution in [-0.4, -0.2) is 220 Å². The van der Waals surface area contributed by atoms with Gasteiger partial charge in [0, 0.05) is 19.5 Å². The second-order valence-electron chi connectivity index (χ2n) is 14.2. The molecule has 20 atom stereocenters. The third kappa shape index (κ3) is 11.5. The largest absolute Gasteiger partial charge is 0.397 e. The van der Waals surface area contributed by atoms with Gasteiger partial charge in [-0.2, -0.15) is 8.42 Å². The molecular formula is C31H54N4O22S. The zero-order valence-corrected chi connectivity index (χ0v) is 32.3. The van der Waals surface area contributed by atoms with Gasteiger partial charge >= 0.3 is 10.4 Å². The molecule has 0 aromatic carbocycles. The molecule has 0 radical (unpaired) electrons. The molecule has 4 heterocycles. The average Bonchev–Trinajstić information content (AvgIpc) is 3.14. The van der Waals surface area contributed by atoms with E-state index in [0.717, 1.165) is 13.8 Å². The van der Waals surface area contributed by atoms with E-state index in [1.54, 1.807) is 0 Å². The number of hydrogen-bond donors (Lipinski definition) is 14. The van der Waals surface area contributed by atoms with Gasteiger partial charge in [-0.1, -0.05) is 6.58 Å². The lowest BCUT2D eigenvalue weighted by atomic mass is 9.93. The molecule has 0 saturated carbocycles. The molecule has 0 bridgehead atoms. The molecule has 4 rings (SSSR count). The predicted molar refractivity (Wildman–Crippen MR) is 185 cm³/mol. The molecule has 0 aromatic heterocycles. The fourth-order valence-electron chi connectivity index (χ4n) is 7.00. The molecule has 336 valence electrons. The number of rotatable bonds is 16. The van der Waals surface area contributed by atoms with Crippen LogP contribution in [0, 0.1) is 0 Å². The lowest BCUT2D eigenvalue weighted by Crippen LogP contribution is -2.71. The van der Waals surface area contributed by atoms with Crippen LogP contribution < -0.4 is 21.7 Å². The van der Waals surface area contributed by atoms with Crippen molar-refractivity contribution in [3.05, 3.63) is 12.3 Å². The van der Waals surface area contributed by atoms with Crippen molar-refractivity contribution in [2.75, 3.05) is 26.4 Å². The number of amides is 2. The maximum absolute atomic E-state index is 12.4. The number of carbonyl (C=O) groups excluding carboxylic acids is 2. The van der Waals surface area contributed by atoms with E-state index in [0.29, 0.717) is 0 Å². The number of hydrogen-bond acceptors (Lipinski definition) is 23. The number of ether oxygens (including phenoxy) is 7. The summed E-state index contributed by atoms with van der Waals surface area (Å²) in [6.07, 6.45) is -26.9. The fourth-order valence-corrected chi connectivity index (χ4v) is 7.31. The molecule has 0 aromatic rings.